The molecule has 1 heterocycles. The van der Waals surface area contributed by atoms with Crippen molar-refractivity contribution in [2.45, 2.75) is 45.7 Å². The van der Waals surface area contributed by atoms with Crippen molar-refractivity contribution in [2.75, 3.05) is 18.0 Å². The van der Waals surface area contributed by atoms with Gasteiger partial charge in [-0.05, 0) is 55.4 Å². The van der Waals surface area contributed by atoms with E-state index >= 15 is 0 Å². The lowest BCUT2D eigenvalue weighted by atomic mass is 9.96. The van der Waals surface area contributed by atoms with Crippen molar-refractivity contribution in [3.63, 3.8) is 0 Å². The Bertz CT molecular complexity index is 482. The Balaban J connectivity index is 1.85. The quantitative estimate of drug-likeness (QED) is 0.911. The Morgan fingerprint density at radius 1 is 1.30 bits per heavy atom. The first kappa shape index (κ1) is 13.9. The third-order valence-electron chi connectivity index (χ3n) is 4.82. The van der Waals surface area contributed by atoms with E-state index < -0.39 is 0 Å². The van der Waals surface area contributed by atoms with Crippen LogP contribution in [0, 0.1) is 24.6 Å². The van der Waals surface area contributed by atoms with E-state index in [1.165, 1.54) is 18.5 Å². The molecule has 0 aromatic heterocycles. The highest BCUT2D eigenvalue weighted by molar-refractivity contribution is 5.51. The summed E-state index contributed by atoms with van der Waals surface area (Å²) in [5, 5.41) is 3.72. The lowest BCUT2D eigenvalue weighted by Gasteiger charge is -2.44. The summed E-state index contributed by atoms with van der Waals surface area (Å²) >= 11 is 0. The van der Waals surface area contributed by atoms with E-state index in [-0.39, 0.29) is 5.82 Å². The highest BCUT2D eigenvalue weighted by Crippen LogP contribution is 2.36. The van der Waals surface area contributed by atoms with Crippen molar-refractivity contribution in [1.82, 2.24) is 5.32 Å². The summed E-state index contributed by atoms with van der Waals surface area (Å²) in [6.07, 6.45) is 2.72. The average molecular weight is 276 g/mol. The predicted molar refractivity (Wildman–Crippen MR) is 81.6 cm³/mol. The van der Waals surface area contributed by atoms with Crippen LogP contribution in [0.25, 0.3) is 0 Å². The molecule has 3 rings (SSSR count). The van der Waals surface area contributed by atoms with Gasteiger partial charge in [-0.15, -0.1) is 0 Å². The molecular formula is C17H25FN2. The molecular weight excluding hydrogens is 251 g/mol. The fraction of sp³-hybridized carbons (Fsp3) is 0.647. The van der Waals surface area contributed by atoms with E-state index in [0.717, 1.165) is 24.6 Å². The number of hydrogen-bond donors (Lipinski definition) is 1. The van der Waals surface area contributed by atoms with E-state index in [1.54, 1.807) is 6.07 Å². The summed E-state index contributed by atoms with van der Waals surface area (Å²) in [4.78, 5) is 2.50. The Hall–Kier alpha value is -1.09. The largest absolute Gasteiger partial charge is 0.365 e. The fourth-order valence-electron chi connectivity index (χ4n) is 3.31. The van der Waals surface area contributed by atoms with Crippen molar-refractivity contribution in [3.8, 4) is 0 Å². The number of benzene rings is 1. The minimum atomic E-state index is -0.108. The first-order valence-electron chi connectivity index (χ1n) is 7.82. The van der Waals surface area contributed by atoms with E-state index in [0.29, 0.717) is 18.0 Å². The van der Waals surface area contributed by atoms with Gasteiger partial charge in [0.2, 0.25) is 0 Å². The first-order chi connectivity index (χ1) is 9.56. The van der Waals surface area contributed by atoms with E-state index in [4.69, 9.17) is 0 Å². The number of rotatable bonds is 3. The van der Waals surface area contributed by atoms with E-state index in [9.17, 15) is 4.39 Å². The fourth-order valence-corrected chi connectivity index (χ4v) is 3.31. The molecule has 2 nitrogen and oxygen atoms in total. The minimum absolute atomic E-state index is 0.108. The maximum absolute atomic E-state index is 13.5. The molecule has 1 aromatic carbocycles. The monoisotopic (exact) mass is 276 g/mol. The number of anilines is 1. The van der Waals surface area contributed by atoms with Crippen LogP contribution >= 0.6 is 0 Å². The molecule has 3 heteroatoms. The Morgan fingerprint density at radius 3 is 2.65 bits per heavy atom. The average Bonchev–Trinajstić information content (AvgIpc) is 3.25. The third kappa shape index (κ3) is 2.69. The number of nitrogens with one attached hydrogen (secondary N) is 1. The maximum Gasteiger partial charge on any atom is 0.126 e. The molecule has 1 saturated carbocycles. The lowest BCUT2D eigenvalue weighted by molar-refractivity contribution is 0.320. The predicted octanol–water partition coefficient (Wildman–Crippen LogP) is 3.35. The molecule has 0 amide bonds. The van der Waals surface area contributed by atoms with Crippen LogP contribution in [-0.2, 0) is 0 Å². The molecule has 110 valence electrons. The van der Waals surface area contributed by atoms with Gasteiger partial charge in [0.25, 0.3) is 0 Å². The van der Waals surface area contributed by atoms with Gasteiger partial charge in [-0.1, -0.05) is 13.8 Å². The van der Waals surface area contributed by atoms with Crippen molar-refractivity contribution >= 4 is 5.69 Å². The molecule has 0 spiro atoms. The first-order valence-corrected chi connectivity index (χ1v) is 7.82. The molecule has 1 aliphatic carbocycles. The molecule has 0 radical (unpaired) electrons. The second-order valence-electron chi connectivity index (χ2n) is 6.75. The van der Waals surface area contributed by atoms with Crippen molar-refractivity contribution in [1.29, 1.82) is 0 Å². The topological polar surface area (TPSA) is 15.3 Å². The van der Waals surface area contributed by atoms with Gasteiger partial charge in [0.1, 0.15) is 5.82 Å². The highest BCUT2D eigenvalue weighted by Gasteiger charge is 2.38. The van der Waals surface area contributed by atoms with Crippen LogP contribution in [0.3, 0.4) is 0 Å². The van der Waals surface area contributed by atoms with Gasteiger partial charge in [-0.25, -0.2) is 4.39 Å². The van der Waals surface area contributed by atoms with Crippen LogP contribution in [0.1, 0.15) is 32.3 Å². The van der Waals surface area contributed by atoms with Gasteiger partial charge in [-0.3, -0.25) is 0 Å². The van der Waals surface area contributed by atoms with Crippen LogP contribution in [0.4, 0.5) is 10.1 Å². The van der Waals surface area contributed by atoms with Crippen LogP contribution < -0.4 is 10.2 Å². The summed E-state index contributed by atoms with van der Waals surface area (Å²) in [7, 11) is 0. The zero-order valence-corrected chi connectivity index (χ0v) is 12.7. The normalized spacial score (nSPS) is 27.1. The van der Waals surface area contributed by atoms with Crippen LogP contribution in [0.2, 0.25) is 0 Å². The molecule has 2 atom stereocenters. The zero-order chi connectivity index (χ0) is 14.3. The van der Waals surface area contributed by atoms with Crippen molar-refractivity contribution < 1.29 is 4.39 Å². The molecule has 1 saturated heterocycles. The second kappa shape index (κ2) is 5.36. The number of piperazine rings is 1. The van der Waals surface area contributed by atoms with E-state index in [1.807, 2.05) is 19.1 Å². The maximum atomic E-state index is 13.5. The summed E-state index contributed by atoms with van der Waals surface area (Å²) < 4.78 is 13.5. The summed E-state index contributed by atoms with van der Waals surface area (Å²) in [5.74, 6) is 1.34. The Morgan fingerprint density at radius 2 is 2.05 bits per heavy atom. The molecule has 0 bridgehead atoms. The van der Waals surface area contributed by atoms with Gasteiger partial charge in [0.15, 0.2) is 0 Å². The Kier molecular flexibility index (Phi) is 3.72. The number of hydrogen-bond acceptors (Lipinski definition) is 2. The zero-order valence-electron chi connectivity index (χ0n) is 12.7. The third-order valence-corrected chi connectivity index (χ3v) is 4.82. The van der Waals surface area contributed by atoms with Gasteiger partial charge in [0.05, 0.1) is 0 Å². The smallest absolute Gasteiger partial charge is 0.126 e. The molecule has 1 aliphatic heterocycles. The summed E-state index contributed by atoms with van der Waals surface area (Å²) in [5.41, 5.74) is 1.92. The Labute approximate surface area is 121 Å². The summed E-state index contributed by atoms with van der Waals surface area (Å²) in [6.45, 7) is 8.48. The molecule has 2 unspecified atom stereocenters. The van der Waals surface area contributed by atoms with Crippen LogP contribution in [-0.4, -0.2) is 25.2 Å². The van der Waals surface area contributed by atoms with Gasteiger partial charge in [0, 0.05) is 30.9 Å². The number of halogens is 1. The van der Waals surface area contributed by atoms with Crippen molar-refractivity contribution in [2.24, 2.45) is 11.8 Å². The molecule has 2 fully saturated rings. The number of aryl methyl sites for hydroxylation is 1. The molecule has 20 heavy (non-hydrogen) atoms. The molecule has 1 N–H and O–H groups in total. The van der Waals surface area contributed by atoms with E-state index in [2.05, 4.69) is 24.1 Å². The summed E-state index contributed by atoms with van der Waals surface area (Å²) in [6, 6.07) is 6.65. The van der Waals surface area contributed by atoms with Crippen LogP contribution in [0.15, 0.2) is 18.2 Å². The highest BCUT2D eigenvalue weighted by atomic mass is 19.1. The second-order valence-corrected chi connectivity index (χ2v) is 6.75. The van der Waals surface area contributed by atoms with Crippen molar-refractivity contribution in [3.05, 3.63) is 29.6 Å². The van der Waals surface area contributed by atoms with Gasteiger partial charge in [-0.2, -0.15) is 0 Å². The molecule has 1 aromatic rings. The number of nitrogens with zero attached hydrogens (tertiary/aromatic N) is 1. The minimum Gasteiger partial charge on any atom is -0.365 e. The lowest BCUT2D eigenvalue weighted by Crippen LogP contribution is -2.59. The van der Waals surface area contributed by atoms with Gasteiger partial charge < -0.3 is 10.2 Å². The molecule has 2 aliphatic rings. The van der Waals surface area contributed by atoms with Crippen LogP contribution in [0.5, 0.6) is 0 Å². The SMILES string of the molecule is Cc1cc(N2CC(C3CC3)NCC2C(C)C)ccc1F. The standard InChI is InChI=1S/C17H25FN2/c1-11(2)17-9-19-16(13-4-5-13)10-20(17)14-6-7-15(18)12(3)8-14/h6-8,11,13,16-17,19H,4-5,9-10H2,1-3H3. The van der Waals surface area contributed by atoms with Gasteiger partial charge >= 0.3 is 0 Å².